The van der Waals surface area contributed by atoms with E-state index in [4.69, 9.17) is 5.73 Å². The summed E-state index contributed by atoms with van der Waals surface area (Å²) in [7, 11) is 0. The Hall–Kier alpha value is -4.19. The van der Waals surface area contributed by atoms with E-state index in [0.29, 0.717) is 25.0 Å². The summed E-state index contributed by atoms with van der Waals surface area (Å²) in [4.78, 5) is 61.7. The summed E-state index contributed by atoms with van der Waals surface area (Å²) in [6.45, 7) is 5.89. The fraction of sp³-hybridized carbons (Fsp3) is 0.483. The number of aromatic amines is 2. The van der Waals surface area contributed by atoms with Crippen molar-refractivity contribution in [2.24, 2.45) is 11.7 Å². The number of nitrogens with two attached hydrogens (primary N) is 1. The first kappa shape index (κ1) is 31.3. The van der Waals surface area contributed by atoms with Crippen LogP contribution in [0.5, 0.6) is 0 Å². The van der Waals surface area contributed by atoms with Gasteiger partial charge in [-0.2, -0.15) is 0 Å². The van der Waals surface area contributed by atoms with E-state index in [1.54, 1.807) is 6.20 Å². The number of fused-ring (bicyclic) bond motifs is 1. The number of aliphatic carboxylic acids is 1. The Morgan fingerprint density at radius 1 is 0.951 bits per heavy atom. The third-order valence-electron chi connectivity index (χ3n) is 6.87. The Morgan fingerprint density at radius 3 is 2.29 bits per heavy atom. The van der Waals surface area contributed by atoms with Crippen LogP contribution in [-0.2, 0) is 32.0 Å². The molecule has 3 aromatic rings. The molecule has 2 aromatic heterocycles. The second-order valence-corrected chi connectivity index (χ2v) is 10.7. The van der Waals surface area contributed by atoms with Gasteiger partial charge in [0.2, 0.25) is 17.7 Å². The zero-order valence-electron chi connectivity index (χ0n) is 23.8. The molecule has 1 aromatic carbocycles. The second kappa shape index (κ2) is 15.0. The van der Waals surface area contributed by atoms with Gasteiger partial charge in [0.05, 0.1) is 12.4 Å². The number of nitrogens with zero attached hydrogens (tertiary/aromatic N) is 1. The maximum absolute atomic E-state index is 13.5. The molecule has 12 nitrogen and oxygen atoms in total. The molecule has 0 radical (unpaired) electrons. The summed E-state index contributed by atoms with van der Waals surface area (Å²) in [6, 6.07) is 3.51. The Kier molecular flexibility index (Phi) is 11.5. The Bertz CT molecular complexity index is 1300. The third-order valence-corrected chi connectivity index (χ3v) is 6.87. The highest BCUT2D eigenvalue weighted by molar-refractivity contribution is 5.95. The van der Waals surface area contributed by atoms with Crippen molar-refractivity contribution in [2.45, 2.75) is 83.5 Å². The lowest BCUT2D eigenvalue weighted by Crippen LogP contribution is -2.57. The highest BCUT2D eigenvalue weighted by atomic mass is 16.4. The van der Waals surface area contributed by atoms with Crippen LogP contribution in [0.25, 0.3) is 10.9 Å². The highest BCUT2D eigenvalue weighted by Gasteiger charge is 2.31. The van der Waals surface area contributed by atoms with Crippen LogP contribution in [-0.4, -0.2) is 67.9 Å². The number of H-pyrrole nitrogens is 2. The number of carboxylic acid groups (broad SMARTS) is 1. The van der Waals surface area contributed by atoms with Gasteiger partial charge in [-0.15, -0.1) is 0 Å². The maximum Gasteiger partial charge on any atom is 0.326 e. The van der Waals surface area contributed by atoms with E-state index in [2.05, 4.69) is 30.9 Å². The number of rotatable bonds is 16. The first-order valence-electron chi connectivity index (χ1n) is 14.0. The molecule has 8 N–H and O–H groups in total. The molecule has 0 aliphatic carbocycles. The number of hydrogen-bond acceptors (Lipinski definition) is 6. The van der Waals surface area contributed by atoms with Crippen LogP contribution in [0.15, 0.2) is 43.0 Å². The molecule has 3 amide bonds. The van der Waals surface area contributed by atoms with E-state index in [1.165, 1.54) is 12.5 Å². The average Bonchev–Trinajstić information content (AvgIpc) is 3.59. The number of carbonyl (C=O) groups is 4. The molecule has 0 saturated heterocycles. The second-order valence-electron chi connectivity index (χ2n) is 10.7. The van der Waals surface area contributed by atoms with Gasteiger partial charge in [0, 0.05) is 41.8 Å². The summed E-state index contributed by atoms with van der Waals surface area (Å²) < 4.78 is 0. The lowest BCUT2D eigenvalue weighted by molar-refractivity contribution is -0.142. The van der Waals surface area contributed by atoms with Crippen LogP contribution in [0.1, 0.15) is 57.7 Å². The summed E-state index contributed by atoms with van der Waals surface area (Å²) in [5.41, 5.74) is 8.23. The van der Waals surface area contributed by atoms with Gasteiger partial charge in [0.25, 0.3) is 0 Å². The summed E-state index contributed by atoms with van der Waals surface area (Å²) in [5.74, 6) is -2.65. The topological polar surface area (TPSA) is 195 Å². The number of aromatic nitrogens is 3. The minimum atomic E-state index is -1.25. The molecular formula is C29H41N7O5. The molecule has 0 saturated carbocycles. The van der Waals surface area contributed by atoms with E-state index >= 15 is 0 Å². The van der Waals surface area contributed by atoms with Crippen LogP contribution >= 0.6 is 0 Å². The van der Waals surface area contributed by atoms with Crippen molar-refractivity contribution in [3.8, 4) is 0 Å². The lowest BCUT2D eigenvalue weighted by atomic mass is 10.0. The number of amides is 3. The van der Waals surface area contributed by atoms with Crippen LogP contribution in [0.3, 0.4) is 0 Å². The summed E-state index contributed by atoms with van der Waals surface area (Å²) in [6.07, 6.45) is 7.04. The van der Waals surface area contributed by atoms with E-state index in [1.807, 2.05) is 45.0 Å². The highest BCUT2D eigenvalue weighted by Crippen LogP contribution is 2.19. The van der Waals surface area contributed by atoms with Gasteiger partial charge in [-0.05, 0) is 30.4 Å². The average molecular weight is 568 g/mol. The van der Waals surface area contributed by atoms with Gasteiger partial charge in [-0.1, -0.05) is 51.8 Å². The predicted molar refractivity (Wildman–Crippen MR) is 155 cm³/mol. The number of para-hydroxylation sites is 1. The molecule has 0 fully saturated rings. The largest absolute Gasteiger partial charge is 0.480 e. The van der Waals surface area contributed by atoms with Crippen LogP contribution in [0.4, 0.5) is 0 Å². The number of hydrogen-bond donors (Lipinski definition) is 7. The third kappa shape index (κ3) is 9.17. The molecule has 0 spiro atoms. The fourth-order valence-electron chi connectivity index (χ4n) is 4.66. The quantitative estimate of drug-likeness (QED) is 0.137. The normalized spacial score (nSPS) is 14.3. The van der Waals surface area contributed by atoms with Crippen molar-refractivity contribution in [3.63, 3.8) is 0 Å². The molecule has 0 aliphatic rings. The van der Waals surface area contributed by atoms with Crippen molar-refractivity contribution in [2.75, 3.05) is 0 Å². The zero-order chi connectivity index (χ0) is 29.9. The van der Waals surface area contributed by atoms with Gasteiger partial charge in [-0.25, -0.2) is 9.78 Å². The number of carbonyl (C=O) groups excluding carboxylic acids is 3. The number of imidazole rings is 1. The molecule has 2 heterocycles. The maximum atomic E-state index is 13.5. The SMILES string of the molecule is CCCC[C@H](NC(=O)[C@H](N)CC(C)C)C(=O)N[C@H](Cc1c[nH]c2ccccc12)C(=O)N[C@H](Cc1cnc[nH]1)C(=O)O. The molecule has 12 heteroatoms. The smallest absolute Gasteiger partial charge is 0.326 e. The van der Waals surface area contributed by atoms with E-state index in [9.17, 15) is 24.3 Å². The molecular weight excluding hydrogens is 526 g/mol. The van der Waals surface area contributed by atoms with Crippen LogP contribution in [0.2, 0.25) is 0 Å². The Morgan fingerprint density at radius 2 is 1.63 bits per heavy atom. The molecule has 41 heavy (non-hydrogen) atoms. The van der Waals surface area contributed by atoms with Crippen molar-refractivity contribution < 1.29 is 24.3 Å². The Labute approximate surface area is 239 Å². The molecule has 0 unspecified atom stereocenters. The predicted octanol–water partition coefficient (Wildman–Crippen LogP) is 1.78. The first-order valence-corrected chi connectivity index (χ1v) is 14.0. The van der Waals surface area contributed by atoms with E-state index in [0.717, 1.165) is 22.9 Å². The monoisotopic (exact) mass is 567 g/mol. The molecule has 4 atom stereocenters. The number of carboxylic acids is 1. The summed E-state index contributed by atoms with van der Waals surface area (Å²) >= 11 is 0. The van der Waals surface area contributed by atoms with Gasteiger partial charge in [0.1, 0.15) is 18.1 Å². The van der Waals surface area contributed by atoms with Crippen molar-refractivity contribution in [3.05, 3.63) is 54.2 Å². The molecule has 222 valence electrons. The van der Waals surface area contributed by atoms with Crippen molar-refractivity contribution in [1.82, 2.24) is 30.9 Å². The molecule has 0 aliphatic heterocycles. The fourth-order valence-corrected chi connectivity index (χ4v) is 4.66. The van der Waals surface area contributed by atoms with E-state index < -0.39 is 47.9 Å². The first-order chi connectivity index (χ1) is 19.6. The van der Waals surface area contributed by atoms with Gasteiger partial charge < -0.3 is 36.8 Å². The number of nitrogens with one attached hydrogen (secondary N) is 5. The molecule has 3 rings (SSSR count). The number of unbranched alkanes of at least 4 members (excludes halogenated alkanes) is 1. The minimum absolute atomic E-state index is 0.0161. The van der Waals surface area contributed by atoms with Crippen LogP contribution in [0, 0.1) is 5.92 Å². The zero-order valence-corrected chi connectivity index (χ0v) is 23.8. The van der Waals surface area contributed by atoms with Crippen molar-refractivity contribution in [1.29, 1.82) is 0 Å². The summed E-state index contributed by atoms with van der Waals surface area (Å²) in [5, 5.41) is 18.8. The van der Waals surface area contributed by atoms with Gasteiger partial charge in [0.15, 0.2) is 0 Å². The van der Waals surface area contributed by atoms with Gasteiger partial charge >= 0.3 is 5.97 Å². The number of benzene rings is 1. The lowest BCUT2D eigenvalue weighted by Gasteiger charge is -2.25. The molecule has 0 bridgehead atoms. The van der Waals surface area contributed by atoms with Crippen LogP contribution < -0.4 is 21.7 Å². The van der Waals surface area contributed by atoms with Gasteiger partial charge in [-0.3, -0.25) is 14.4 Å². The Balaban J connectivity index is 1.83. The van der Waals surface area contributed by atoms with E-state index in [-0.39, 0.29) is 18.8 Å². The standard InChI is InChI=1S/C29H41N7O5/c1-4-5-9-23(34-26(37)21(30)11-17(2)3)27(38)35-24(12-18-14-32-22-10-7-6-8-20(18)22)28(39)36-25(29(40)41)13-19-15-31-16-33-19/h6-8,10,14-17,21,23-25,32H,4-5,9,11-13,30H2,1-3H3,(H,31,33)(H,34,37)(H,35,38)(H,36,39)(H,40,41)/t21-,23+,24-,25-/m1/s1. The van der Waals surface area contributed by atoms with Crippen molar-refractivity contribution >= 4 is 34.6 Å². The minimum Gasteiger partial charge on any atom is -0.480 e.